The van der Waals surface area contributed by atoms with Gasteiger partial charge in [-0.25, -0.2) is 9.97 Å². The molecule has 10 heteroatoms. The number of nitriles is 1. The number of aromatic nitrogens is 4. The number of rotatable bonds is 6. The first kappa shape index (κ1) is 23.0. The minimum atomic E-state index is -0.407. The lowest BCUT2D eigenvalue weighted by atomic mass is 10.0. The third kappa shape index (κ3) is 4.12. The van der Waals surface area contributed by atoms with E-state index in [1.54, 1.807) is 17.9 Å². The third-order valence-electron chi connectivity index (χ3n) is 5.74. The summed E-state index contributed by atoms with van der Waals surface area (Å²) in [6.07, 6.45) is 3.09. The lowest BCUT2D eigenvalue weighted by molar-refractivity contribution is 0.412. The summed E-state index contributed by atoms with van der Waals surface area (Å²) >= 11 is 1.38. The number of pyridine rings is 1. The van der Waals surface area contributed by atoms with Crippen LogP contribution in [0.5, 0.6) is 5.19 Å². The number of hydrogen-bond acceptors (Lipinski definition) is 9. The molecule has 2 aromatic carbocycles. The second-order valence-electron chi connectivity index (χ2n) is 7.98. The van der Waals surface area contributed by atoms with Gasteiger partial charge in [0.2, 0.25) is 5.95 Å². The first-order valence-corrected chi connectivity index (χ1v) is 11.8. The maximum absolute atomic E-state index is 14.1. The zero-order valence-electron chi connectivity index (χ0n) is 19.5. The van der Waals surface area contributed by atoms with Crippen molar-refractivity contribution in [3.63, 3.8) is 0 Å². The molecule has 3 N–H and O–H groups in total. The van der Waals surface area contributed by atoms with E-state index < -0.39 is 6.04 Å². The normalized spacial score (nSPS) is 11.7. The van der Waals surface area contributed by atoms with E-state index in [0.717, 1.165) is 15.8 Å². The predicted octanol–water partition coefficient (Wildman–Crippen LogP) is 4.54. The van der Waals surface area contributed by atoms with E-state index in [2.05, 4.69) is 26.3 Å². The Labute approximate surface area is 210 Å². The number of para-hydroxylation sites is 1. The molecule has 3 aromatic heterocycles. The van der Waals surface area contributed by atoms with Crippen molar-refractivity contribution in [2.45, 2.75) is 13.0 Å². The number of benzene rings is 2. The van der Waals surface area contributed by atoms with E-state index in [9.17, 15) is 10.1 Å². The quantitative estimate of drug-likeness (QED) is 0.351. The van der Waals surface area contributed by atoms with E-state index in [-0.39, 0.29) is 17.1 Å². The van der Waals surface area contributed by atoms with Gasteiger partial charge in [-0.15, -0.1) is 0 Å². The van der Waals surface area contributed by atoms with Gasteiger partial charge in [0.1, 0.15) is 17.5 Å². The highest BCUT2D eigenvalue weighted by Gasteiger charge is 2.20. The molecule has 0 aliphatic rings. The first-order valence-electron chi connectivity index (χ1n) is 11.0. The molecular formula is C26H21N7O2S. The van der Waals surface area contributed by atoms with E-state index in [4.69, 9.17) is 10.5 Å². The topological polar surface area (TPSA) is 132 Å². The maximum atomic E-state index is 14.1. The first-order chi connectivity index (χ1) is 17.5. The Morgan fingerprint density at radius 2 is 1.94 bits per heavy atom. The number of nitrogens with two attached hydrogens (primary N) is 1. The third-order valence-corrected chi connectivity index (χ3v) is 6.73. The minimum Gasteiger partial charge on any atom is -0.473 e. The Morgan fingerprint density at radius 3 is 2.67 bits per heavy atom. The summed E-state index contributed by atoms with van der Waals surface area (Å²) in [5, 5.41) is 14.6. The van der Waals surface area contributed by atoms with Gasteiger partial charge in [0.25, 0.3) is 10.8 Å². The van der Waals surface area contributed by atoms with Crippen LogP contribution in [0.1, 0.15) is 24.2 Å². The van der Waals surface area contributed by atoms with E-state index in [1.165, 1.54) is 17.5 Å². The van der Waals surface area contributed by atoms with Crippen LogP contribution in [-0.4, -0.2) is 26.6 Å². The van der Waals surface area contributed by atoms with Crippen LogP contribution in [0.25, 0.3) is 26.9 Å². The second-order valence-corrected chi connectivity index (χ2v) is 8.97. The lowest BCUT2D eigenvalue weighted by Crippen LogP contribution is -2.26. The molecule has 0 fully saturated rings. The standard InChI is InChI=1S/C26H21N7O2S/c1-15(31-23-17(12-27)13-29-25(28)32-23)20-11-16-7-6-10-19(21-14-30-26(35-2)36-21)22(16)24(34)33(20)18-8-4-3-5-9-18/h3-11,13-15H,1-2H3,(H3,28,29,31,32)/t15-/m0/s1. The van der Waals surface area contributed by atoms with Crippen molar-refractivity contribution in [1.82, 2.24) is 19.5 Å². The maximum Gasteiger partial charge on any atom is 0.273 e. The fourth-order valence-electron chi connectivity index (χ4n) is 4.09. The Balaban J connectivity index is 1.73. The van der Waals surface area contributed by atoms with Crippen molar-refractivity contribution < 1.29 is 4.74 Å². The molecule has 3 heterocycles. The molecule has 0 unspecified atom stereocenters. The van der Waals surface area contributed by atoms with Crippen LogP contribution < -0.4 is 21.3 Å². The molecule has 0 saturated carbocycles. The van der Waals surface area contributed by atoms with Crippen LogP contribution in [0.4, 0.5) is 11.8 Å². The van der Waals surface area contributed by atoms with Crippen LogP contribution >= 0.6 is 11.3 Å². The molecule has 9 nitrogen and oxygen atoms in total. The minimum absolute atomic E-state index is 0.0484. The van der Waals surface area contributed by atoms with Gasteiger partial charge in [0.15, 0.2) is 0 Å². The van der Waals surface area contributed by atoms with Crippen LogP contribution in [0.15, 0.2) is 71.8 Å². The molecule has 1 atom stereocenters. The number of nitrogens with zero attached hydrogens (tertiary/aromatic N) is 5. The van der Waals surface area contributed by atoms with Crippen LogP contribution in [-0.2, 0) is 0 Å². The summed E-state index contributed by atoms with van der Waals surface area (Å²) in [6.45, 7) is 1.90. The molecule has 0 bridgehead atoms. The number of ether oxygens (including phenoxy) is 1. The average molecular weight is 496 g/mol. The van der Waals surface area contributed by atoms with Crippen LogP contribution in [0.2, 0.25) is 0 Å². The Kier molecular flexibility index (Phi) is 6.06. The molecule has 5 aromatic rings. The number of hydrogen-bond donors (Lipinski definition) is 2. The van der Waals surface area contributed by atoms with Crippen molar-refractivity contribution in [3.05, 3.63) is 88.6 Å². The molecule has 0 aliphatic carbocycles. The molecule has 0 aliphatic heterocycles. The lowest BCUT2D eigenvalue weighted by Gasteiger charge is -2.22. The fourth-order valence-corrected chi connectivity index (χ4v) is 4.86. The summed E-state index contributed by atoms with van der Waals surface area (Å²) in [7, 11) is 1.57. The van der Waals surface area contributed by atoms with E-state index >= 15 is 0 Å². The van der Waals surface area contributed by atoms with Crippen molar-refractivity contribution in [2.24, 2.45) is 0 Å². The number of anilines is 2. The van der Waals surface area contributed by atoms with E-state index in [1.807, 2.05) is 61.5 Å². The van der Waals surface area contributed by atoms with Gasteiger partial charge in [-0.1, -0.05) is 47.7 Å². The summed E-state index contributed by atoms with van der Waals surface area (Å²) in [5.74, 6) is 0.349. The fraction of sp³-hybridized carbons (Fsp3) is 0.115. The summed E-state index contributed by atoms with van der Waals surface area (Å²) in [5.41, 5.74) is 8.03. The highest BCUT2D eigenvalue weighted by Crippen LogP contribution is 2.35. The van der Waals surface area contributed by atoms with Gasteiger partial charge in [0.05, 0.1) is 29.6 Å². The molecule has 0 spiro atoms. The molecule has 36 heavy (non-hydrogen) atoms. The smallest absolute Gasteiger partial charge is 0.273 e. The number of fused-ring (bicyclic) bond motifs is 1. The highest BCUT2D eigenvalue weighted by atomic mass is 32.1. The van der Waals surface area contributed by atoms with Crippen molar-refractivity contribution >= 4 is 33.9 Å². The Bertz CT molecular complexity index is 1670. The van der Waals surface area contributed by atoms with E-state index in [0.29, 0.717) is 27.8 Å². The molecule has 0 amide bonds. The van der Waals surface area contributed by atoms with Crippen LogP contribution in [0, 0.1) is 11.3 Å². The molecule has 0 radical (unpaired) electrons. The van der Waals surface area contributed by atoms with Gasteiger partial charge in [-0.2, -0.15) is 10.2 Å². The van der Waals surface area contributed by atoms with Crippen molar-refractivity contribution in [3.8, 4) is 27.4 Å². The number of nitrogens with one attached hydrogen (secondary N) is 1. The van der Waals surface area contributed by atoms with Gasteiger partial charge in [-0.3, -0.25) is 9.36 Å². The Hall–Kier alpha value is -4.75. The highest BCUT2D eigenvalue weighted by molar-refractivity contribution is 7.16. The van der Waals surface area contributed by atoms with Crippen LogP contribution in [0.3, 0.4) is 0 Å². The molecule has 0 saturated heterocycles. The zero-order valence-corrected chi connectivity index (χ0v) is 20.3. The monoisotopic (exact) mass is 495 g/mol. The molecule has 5 rings (SSSR count). The van der Waals surface area contributed by atoms with Gasteiger partial charge in [0, 0.05) is 23.1 Å². The second kappa shape index (κ2) is 9.48. The van der Waals surface area contributed by atoms with Crippen molar-refractivity contribution in [1.29, 1.82) is 5.26 Å². The van der Waals surface area contributed by atoms with Gasteiger partial charge >= 0.3 is 0 Å². The number of methoxy groups -OCH3 is 1. The number of nitrogen functional groups attached to an aromatic ring is 1. The Morgan fingerprint density at radius 1 is 1.14 bits per heavy atom. The predicted molar refractivity (Wildman–Crippen MR) is 140 cm³/mol. The summed E-state index contributed by atoms with van der Waals surface area (Å²) < 4.78 is 6.94. The SMILES string of the molecule is COc1ncc(-c2cccc3cc([C@H](C)Nc4nc(N)ncc4C#N)n(-c4ccccc4)c(=O)c23)s1. The largest absolute Gasteiger partial charge is 0.473 e. The van der Waals surface area contributed by atoms with Crippen molar-refractivity contribution in [2.75, 3.05) is 18.2 Å². The molecule has 178 valence electrons. The molecular weight excluding hydrogens is 474 g/mol. The van der Waals surface area contributed by atoms with Gasteiger partial charge in [-0.05, 0) is 30.5 Å². The summed E-state index contributed by atoms with van der Waals surface area (Å²) in [6, 6.07) is 18.8. The van der Waals surface area contributed by atoms with Gasteiger partial charge < -0.3 is 15.8 Å². The average Bonchev–Trinajstić information content (AvgIpc) is 3.38. The summed E-state index contributed by atoms with van der Waals surface area (Å²) in [4.78, 5) is 27.3. The number of thiazole rings is 1. The zero-order chi connectivity index (χ0) is 25.2.